The van der Waals surface area contributed by atoms with E-state index in [1.807, 2.05) is 24.3 Å². The van der Waals surface area contributed by atoms with Gasteiger partial charge in [0.1, 0.15) is 12.6 Å². The minimum atomic E-state index is -0.811. The van der Waals surface area contributed by atoms with Crippen LogP contribution in [0.25, 0.3) is 11.1 Å². The number of carbonyl (C=O) groups is 3. The van der Waals surface area contributed by atoms with Crippen molar-refractivity contribution in [1.29, 1.82) is 0 Å². The number of amides is 2. The van der Waals surface area contributed by atoms with E-state index < -0.39 is 24.0 Å². The molecule has 0 saturated heterocycles. The van der Waals surface area contributed by atoms with Gasteiger partial charge in [-0.05, 0) is 60.3 Å². The molecule has 2 aromatic carbocycles. The van der Waals surface area contributed by atoms with E-state index in [1.165, 1.54) is 0 Å². The highest BCUT2D eigenvalue weighted by Crippen LogP contribution is 2.44. The van der Waals surface area contributed by atoms with Gasteiger partial charge in [0.15, 0.2) is 0 Å². The number of alkyl carbamates (subject to hydrolysis) is 1. The second-order valence-electron chi connectivity index (χ2n) is 9.69. The van der Waals surface area contributed by atoms with Gasteiger partial charge in [0.05, 0.1) is 5.92 Å². The Morgan fingerprint density at radius 2 is 1.59 bits per heavy atom. The Bertz CT molecular complexity index is 1050. The van der Waals surface area contributed by atoms with E-state index in [0.29, 0.717) is 12.8 Å². The van der Waals surface area contributed by atoms with E-state index in [0.717, 1.165) is 47.9 Å². The van der Waals surface area contributed by atoms with Gasteiger partial charge in [-0.2, -0.15) is 0 Å². The van der Waals surface area contributed by atoms with Gasteiger partial charge >= 0.3 is 12.1 Å². The normalized spacial score (nSPS) is 22.2. The zero-order valence-corrected chi connectivity index (χ0v) is 19.0. The summed E-state index contributed by atoms with van der Waals surface area (Å²) in [4.78, 5) is 37.0. The molecule has 7 nitrogen and oxygen atoms in total. The molecule has 3 aliphatic carbocycles. The molecule has 7 heteroatoms. The Morgan fingerprint density at radius 1 is 0.941 bits per heavy atom. The number of benzene rings is 2. The summed E-state index contributed by atoms with van der Waals surface area (Å²) in [5.41, 5.74) is 4.60. The molecule has 5 rings (SSSR count). The van der Waals surface area contributed by atoms with Gasteiger partial charge in [-0.3, -0.25) is 9.59 Å². The fraction of sp³-hybridized carbons (Fsp3) is 0.444. The Kier molecular flexibility index (Phi) is 6.26. The first-order chi connectivity index (χ1) is 16.5. The van der Waals surface area contributed by atoms with Gasteiger partial charge in [0.2, 0.25) is 5.91 Å². The molecule has 0 spiro atoms. The number of carboxylic acid groups (broad SMARTS) is 1. The lowest BCUT2D eigenvalue weighted by Crippen LogP contribution is -2.52. The summed E-state index contributed by atoms with van der Waals surface area (Å²) in [6.45, 7) is 0.196. The third kappa shape index (κ3) is 4.65. The van der Waals surface area contributed by atoms with Gasteiger partial charge in [-0.15, -0.1) is 0 Å². The fourth-order valence-corrected chi connectivity index (χ4v) is 5.43. The summed E-state index contributed by atoms with van der Waals surface area (Å²) >= 11 is 0. The number of carbonyl (C=O) groups excluding carboxylic acids is 2. The predicted molar refractivity (Wildman–Crippen MR) is 126 cm³/mol. The zero-order chi connectivity index (χ0) is 23.7. The monoisotopic (exact) mass is 462 g/mol. The van der Waals surface area contributed by atoms with E-state index in [2.05, 4.69) is 34.9 Å². The third-order valence-electron chi connectivity index (χ3n) is 7.36. The van der Waals surface area contributed by atoms with E-state index in [9.17, 15) is 19.5 Å². The number of rotatable bonds is 7. The maximum atomic E-state index is 13.0. The van der Waals surface area contributed by atoms with Crippen molar-refractivity contribution < 1.29 is 24.2 Å². The second kappa shape index (κ2) is 9.49. The van der Waals surface area contributed by atoms with Crippen LogP contribution in [-0.2, 0) is 14.3 Å². The second-order valence-corrected chi connectivity index (χ2v) is 9.69. The summed E-state index contributed by atoms with van der Waals surface area (Å²) in [6, 6.07) is 15.5. The van der Waals surface area contributed by atoms with Crippen LogP contribution in [0.4, 0.5) is 4.79 Å². The van der Waals surface area contributed by atoms with Crippen molar-refractivity contribution in [3.63, 3.8) is 0 Å². The summed E-state index contributed by atoms with van der Waals surface area (Å²) in [5, 5.41) is 15.1. The van der Waals surface area contributed by atoms with Crippen LogP contribution in [0.1, 0.15) is 55.6 Å². The van der Waals surface area contributed by atoms with Crippen LogP contribution in [-0.4, -0.2) is 41.8 Å². The van der Waals surface area contributed by atoms with Crippen molar-refractivity contribution in [3.8, 4) is 11.1 Å². The van der Waals surface area contributed by atoms with Crippen LogP contribution in [0.2, 0.25) is 0 Å². The predicted octanol–water partition coefficient (Wildman–Crippen LogP) is 4.06. The van der Waals surface area contributed by atoms with Crippen LogP contribution in [0.3, 0.4) is 0 Å². The lowest BCUT2D eigenvalue weighted by molar-refractivity contribution is -0.143. The highest BCUT2D eigenvalue weighted by molar-refractivity contribution is 5.86. The number of hydrogen-bond donors (Lipinski definition) is 3. The molecule has 2 amide bonds. The molecule has 0 bridgehead atoms. The van der Waals surface area contributed by atoms with Gasteiger partial charge < -0.3 is 20.5 Å². The average molecular weight is 463 g/mol. The number of ether oxygens (including phenoxy) is 1. The molecule has 2 saturated carbocycles. The van der Waals surface area contributed by atoms with E-state index in [4.69, 9.17) is 4.74 Å². The molecule has 0 radical (unpaired) electrons. The molecule has 178 valence electrons. The van der Waals surface area contributed by atoms with Gasteiger partial charge in [-0.1, -0.05) is 55.0 Å². The molecule has 1 unspecified atom stereocenters. The number of nitrogens with one attached hydrogen (secondary N) is 2. The van der Waals surface area contributed by atoms with Crippen LogP contribution < -0.4 is 10.6 Å². The number of hydrogen-bond acceptors (Lipinski definition) is 4. The standard InChI is InChI=1S/C27H30N2O5/c30-25(28-18-7-5-6-17(14-18)26(31)32)24(16-12-13-16)29-27(33)34-15-23-21-10-3-1-8-19(21)20-9-2-4-11-22(20)23/h1-4,8-11,16-18,23-24H,5-7,12-15H2,(H,28,30)(H,29,33)(H,31,32)/t17-,18+,24?/m0/s1. The van der Waals surface area contributed by atoms with Gasteiger partial charge in [-0.25, -0.2) is 4.79 Å². The van der Waals surface area contributed by atoms with Crippen molar-refractivity contribution >= 4 is 18.0 Å². The molecular weight excluding hydrogens is 432 g/mol. The number of carboxylic acids is 1. The molecule has 3 aliphatic rings. The molecule has 3 atom stereocenters. The molecule has 34 heavy (non-hydrogen) atoms. The van der Waals surface area contributed by atoms with Crippen molar-refractivity contribution in [2.75, 3.05) is 6.61 Å². The fourth-order valence-electron chi connectivity index (χ4n) is 5.43. The Morgan fingerprint density at radius 3 is 2.21 bits per heavy atom. The highest BCUT2D eigenvalue weighted by atomic mass is 16.5. The Balaban J connectivity index is 1.20. The molecule has 0 heterocycles. The smallest absolute Gasteiger partial charge is 0.407 e. The van der Waals surface area contributed by atoms with Crippen LogP contribution >= 0.6 is 0 Å². The lowest BCUT2D eigenvalue weighted by atomic mass is 9.85. The Labute approximate surface area is 198 Å². The average Bonchev–Trinajstić information content (AvgIpc) is 3.64. The van der Waals surface area contributed by atoms with Crippen molar-refractivity contribution in [2.45, 2.75) is 56.5 Å². The van der Waals surface area contributed by atoms with E-state index in [1.54, 1.807) is 0 Å². The van der Waals surface area contributed by atoms with Crippen LogP contribution in [0, 0.1) is 11.8 Å². The molecule has 3 N–H and O–H groups in total. The van der Waals surface area contributed by atoms with Crippen molar-refractivity contribution in [1.82, 2.24) is 10.6 Å². The summed E-state index contributed by atoms with van der Waals surface area (Å²) in [6.07, 6.45) is 3.78. The Hall–Kier alpha value is -3.35. The molecule has 2 aromatic rings. The van der Waals surface area contributed by atoms with Gasteiger partial charge in [0, 0.05) is 12.0 Å². The summed E-state index contributed by atoms with van der Waals surface area (Å²) in [7, 11) is 0. The molecular formula is C27H30N2O5. The SMILES string of the molecule is O=C(NC(C(=O)N[C@@H]1CCC[C@H](C(=O)O)C1)C1CC1)OCC1c2ccccc2-c2ccccc21. The third-order valence-corrected chi connectivity index (χ3v) is 7.36. The highest BCUT2D eigenvalue weighted by Gasteiger charge is 2.39. The largest absolute Gasteiger partial charge is 0.481 e. The summed E-state index contributed by atoms with van der Waals surface area (Å²) < 4.78 is 5.63. The number of aliphatic carboxylic acids is 1. The van der Waals surface area contributed by atoms with E-state index in [-0.39, 0.29) is 30.4 Å². The van der Waals surface area contributed by atoms with Crippen LogP contribution in [0.15, 0.2) is 48.5 Å². The maximum Gasteiger partial charge on any atom is 0.407 e. The quantitative estimate of drug-likeness (QED) is 0.576. The first-order valence-electron chi connectivity index (χ1n) is 12.2. The maximum absolute atomic E-state index is 13.0. The van der Waals surface area contributed by atoms with Crippen molar-refractivity contribution in [3.05, 3.63) is 59.7 Å². The summed E-state index contributed by atoms with van der Waals surface area (Å²) in [5.74, 6) is -1.42. The topological polar surface area (TPSA) is 105 Å². The molecule has 0 aliphatic heterocycles. The number of fused-ring (bicyclic) bond motifs is 3. The van der Waals surface area contributed by atoms with Gasteiger partial charge in [0.25, 0.3) is 0 Å². The van der Waals surface area contributed by atoms with E-state index >= 15 is 0 Å². The molecule has 2 fully saturated rings. The lowest BCUT2D eigenvalue weighted by Gasteiger charge is -2.29. The van der Waals surface area contributed by atoms with Crippen LogP contribution in [0.5, 0.6) is 0 Å². The minimum absolute atomic E-state index is 0.0402. The zero-order valence-electron chi connectivity index (χ0n) is 19.0. The first kappa shape index (κ1) is 22.4. The minimum Gasteiger partial charge on any atom is -0.481 e. The molecule has 0 aromatic heterocycles. The first-order valence-corrected chi connectivity index (χ1v) is 12.2. The van der Waals surface area contributed by atoms with Crippen molar-refractivity contribution in [2.24, 2.45) is 11.8 Å².